The molecule has 0 aromatic rings. The summed E-state index contributed by atoms with van der Waals surface area (Å²) >= 11 is 0. The number of phosphoric ester groups is 1. The van der Waals surface area contributed by atoms with Crippen LogP contribution in [0.25, 0.3) is 0 Å². The van der Waals surface area contributed by atoms with E-state index >= 15 is 0 Å². The van der Waals surface area contributed by atoms with Gasteiger partial charge < -0.3 is 28.8 Å². The number of allylic oxidation sites excluding steroid dienone is 16. The summed E-state index contributed by atoms with van der Waals surface area (Å²) in [4.78, 5) is 25.4. The van der Waals surface area contributed by atoms with Crippen molar-refractivity contribution in [2.24, 2.45) is 0 Å². The fourth-order valence-corrected chi connectivity index (χ4v) is 7.36. The van der Waals surface area contributed by atoms with Crippen LogP contribution in [0.15, 0.2) is 97.2 Å². The van der Waals surface area contributed by atoms with Crippen LogP contribution in [0.1, 0.15) is 187 Å². The van der Waals surface area contributed by atoms with Gasteiger partial charge >= 0.3 is 0 Å². The molecule has 0 bridgehead atoms. The molecule has 3 atom stereocenters. The minimum absolute atomic E-state index is 0.00202. The highest BCUT2D eigenvalue weighted by molar-refractivity contribution is 7.45. The molecule has 1 amide bonds. The maximum absolute atomic E-state index is 12.9. The number of amides is 1. The maximum atomic E-state index is 12.9. The van der Waals surface area contributed by atoms with E-state index in [-0.39, 0.29) is 19.1 Å². The Balaban J connectivity index is 4.38. The van der Waals surface area contributed by atoms with Crippen molar-refractivity contribution < 1.29 is 32.9 Å². The lowest BCUT2D eigenvalue weighted by Crippen LogP contribution is -2.46. The number of nitrogens with zero attached hydrogens (tertiary/aromatic N) is 1. The highest BCUT2D eigenvalue weighted by Crippen LogP contribution is 2.38. The molecule has 63 heavy (non-hydrogen) atoms. The Morgan fingerprint density at radius 2 is 0.968 bits per heavy atom. The van der Waals surface area contributed by atoms with Crippen LogP contribution in [0.4, 0.5) is 0 Å². The molecule has 0 rings (SSSR count). The van der Waals surface area contributed by atoms with Gasteiger partial charge in [0.15, 0.2) is 0 Å². The SMILES string of the molecule is CC/C=C\C/C=C\C/C=C\C/C=C\C/C=C\C/C=C\C/C=C\C/C=C\CCCCC(=O)NC(COP(=O)([O-])OCC[N+](C)(C)C)C(O)CCCCCCCCCCCCCCCC. The summed E-state index contributed by atoms with van der Waals surface area (Å²) in [5.74, 6) is -0.211. The molecule has 9 heteroatoms. The second-order valence-electron chi connectivity index (χ2n) is 17.8. The van der Waals surface area contributed by atoms with E-state index in [9.17, 15) is 19.4 Å². The molecule has 0 aliphatic rings. The summed E-state index contributed by atoms with van der Waals surface area (Å²) in [5.41, 5.74) is 0. The molecule has 0 saturated heterocycles. The van der Waals surface area contributed by atoms with E-state index in [2.05, 4.69) is 116 Å². The van der Waals surface area contributed by atoms with E-state index in [4.69, 9.17) is 9.05 Å². The molecule has 3 unspecified atom stereocenters. The quantitative estimate of drug-likeness (QED) is 0.0273. The van der Waals surface area contributed by atoms with Gasteiger partial charge in [0, 0.05) is 6.42 Å². The van der Waals surface area contributed by atoms with Gasteiger partial charge in [0.1, 0.15) is 13.2 Å². The van der Waals surface area contributed by atoms with Crippen LogP contribution in [-0.4, -0.2) is 68.5 Å². The molecule has 362 valence electrons. The maximum Gasteiger partial charge on any atom is 0.268 e. The standard InChI is InChI=1S/C54H95N2O6P/c1-6-8-10-12-14-16-18-20-22-23-24-25-26-27-28-29-30-31-32-33-34-36-38-40-42-44-46-48-54(58)55-52(51-62-63(59,60)61-50-49-56(3,4)5)53(57)47-45-43-41-39-37-35-21-19-17-15-13-11-9-7-2/h8,10,14,16,20,22,24-25,27-28,30-31,33-34,38,40,52-53,57H,6-7,9,11-13,15,17-19,21,23,26,29,32,35-37,39,41-51H2,1-5H3,(H-,55,58,59,60)/b10-8-,16-14-,22-20-,25-24-,28-27-,31-30-,34-33-,40-38-. The first-order chi connectivity index (χ1) is 30.5. The number of hydrogen-bond acceptors (Lipinski definition) is 6. The molecule has 0 spiro atoms. The van der Waals surface area contributed by atoms with E-state index in [1.54, 1.807) is 0 Å². The predicted molar refractivity (Wildman–Crippen MR) is 269 cm³/mol. The van der Waals surface area contributed by atoms with Crippen molar-refractivity contribution in [1.82, 2.24) is 5.32 Å². The zero-order valence-electron chi connectivity index (χ0n) is 41.0. The number of rotatable bonds is 44. The van der Waals surface area contributed by atoms with Crippen molar-refractivity contribution in [2.75, 3.05) is 40.9 Å². The Labute approximate surface area is 388 Å². The normalized spacial score (nSPS) is 15.0. The molecule has 0 fully saturated rings. The molecule has 0 aliphatic carbocycles. The van der Waals surface area contributed by atoms with Gasteiger partial charge in [0.25, 0.3) is 7.82 Å². The number of carbonyl (C=O) groups excluding carboxylic acids is 1. The highest BCUT2D eigenvalue weighted by atomic mass is 31.2. The third-order valence-electron chi connectivity index (χ3n) is 10.6. The van der Waals surface area contributed by atoms with Gasteiger partial charge in [-0.2, -0.15) is 0 Å². The van der Waals surface area contributed by atoms with Crippen LogP contribution in [0.5, 0.6) is 0 Å². The number of nitrogens with one attached hydrogen (secondary N) is 1. The highest BCUT2D eigenvalue weighted by Gasteiger charge is 2.24. The Hall–Kier alpha value is -2.58. The van der Waals surface area contributed by atoms with Gasteiger partial charge in [-0.1, -0.05) is 201 Å². The Morgan fingerprint density at radius 1 is 0.571 bits per heavy atom. The number of likely N-dealkylation sites (N-methyl/N-ethyl adjacent to an activating group) is 1. The summed E-state index contributed by atoms with van der Waals surface area (Å²) in [6.07, 6.45) is 62.8. The largest absolute Gasteiger partial charge is 0.756 e. The summed E-state index contributed by atoms with van der Waals surface area (Å²) in [5, 5.41) is 13.9. The first kappa shape index (κ1) is 60.4. The molecule has 8 nitrogen and oxygen atoms in total. The number of aliphatic hydroxyl groups excluding tert-OH is 1. The summed E-state index contributed by atoms with van der Waals surface area (Å²) in [6, 6.07) is -0.830. The van der Waals surface area contributed by atoms with Crippen molar-refractivity contribution in [3.05, 3.63) is 97.2 Å². The second kappa shape index (κ2) is 44.6. The van der Waals surface area contributed by atoms with Crippen molar-refractivity contribution in [3.63, 3.8) is 0 Å². The zero-order valence-corrected chi connectivity index (χ0v) is 41.9. The Bertz CT molecular complexity index is 1340. The second-order valence-corrected chi connectivity index (χ2v) is 19.2. The molecule has 0 radical (unpaired) electrons. The fraction of sp³-hybridized carbons (Fsp3) is 0.685. The number of quaternary nitrogens is 1. The summed E-state index contributed by atoms with van der Waals surface area (Å²) in [6.45, 7) is 4.55. The van der Waals surface area contributed by atoms with Gasteiger partial charge in [0.05, 0.1) is 39.9 Å². The lowest BCUT2D eigenvalue weighted by molar-refractivity contribution is -0.870. The van der Waals surface area contributed by atoms with Gasteiger partial charge in [-0.3, -0.25) is 9.36 Å². The lowest BCUT2D eigenvalue weighted by atomic mass is 10.0. The third-order valence-corrected chi connectivity index (χ3v) is 11.6. The molecular formula is C54H95N2O6P. The van der Waals surface area contributed by atoms with Crippen LogP contribution >= 0.6 is 7.82 Å². The first-order valence-electron chi connectivity index (χ1n) is 25.1. The van der Waals surface area contributed by atoms with E-state index in [0.717, 1.165) is 83.5 Å². The first-order valence-corrected chi connectivity index (χ1v) is 26.5. The van der Waals surface area contributed by atoms with Crippen molar-refractivity contribution in [2.45, 2.75) is 199 Å². The smallest absolute Gasteiger partial charge is 0.268 e. The minimum Gasteiger partial charge on any atom is -0.756 e. The number of carbonyl (C=O) groups is 1. The van der Waals surface area contributed by atoms with E-state index in [1.807, 2.05) is 21.1 Å². The average Bonchev–Trinajstić information content (AvgIpc) is 3.24. The molecule has 2 N–H and O–H groups in total. The molecule has 0 saturated carbocycles. The van der Waals surface area contributed by atoms with Crippen LogP contribution < -0.4 is 10.2 Å². The molecular weight excluding hydrogens is 804 g/mol. The summed E-state index contributed by atoms with van der Waals surface area (Å²) < 4.78 is 23.3. The summed E-state index contributed by atoms with van der Waals surface area (Å²) in [7, 11) is 1.26. The van der Waals surface area contributed by atoms with Crippen molar-refractivity contribution in [1.29, 1.82) is 0 Å². The van der Waals surface area contributed by atoms with E-state index < -0.39 is 20.0 Å². The zero-order chi connectivity index (χ0) is 46.4. The molecule has 0 aromatic heterocycles. The minimum atomic E-state index is -4.59. The van der Waals surface area contributed by atoms with Crippen LogP contribution in [0.2, 0.25) is 0 Å². The number of unbranched alkanes of at least 4 members (excludes halogenated alkanes) is 15. The van der Waals surface area contributed by atoms with Gasteiger partial charge in [-0.25, -0.2) is 0 Å². The Morgan fingerprint density at radius 3 is 1.38 bits per heavy atom. The van der Waals surface area contributed by atoms with Crippen LogP contribution in [0, 0.1) is 0 Å². The van der Waals surface area contributed by atoms with Crippen LogP contribution in [-0.2, 0) is 18.4 Å². The van der Waals surface area contributed by atoms with Gasteiger partial charge in [0.2, 0.25) is 5.91 Å². The van der Waals surface area contributed by atoms with Crippen molar-refractivity contribution >= 4 is 13.7 Å². The fourth-order valence-electron chi connectivity index (χ4n) is 6.64. The van der Waals surface area contributed by atoms with Gasteiger partial charge in [-0.15, -0.1) is 0 Å². The van der Waals surface area contributed by atoms with Crippen molar-refractivity contribution in [3.8, 4) is 0 Å². The van der Waals surface area contributed by atoms with Gasteiger partial charge in [-0.05, 0) is 77.0 Å². The molecule has 0 aromatic carbocycles. The predicted octanol–water partition coefficient (Wildman–Crippen LogP) is 14.1. The van der Waals surface area contributed by atoms with E-state index in [0.29, 0.717) is 30.3 Å². The third kappa shape index (κ3) is 47.2. The average molecular weight is 899 g/mol. The van der Waals surface area contributed by atoms with E-state index in [1.165, 1.54) is 70.6 Å². The number of hydrogen-bond donors (Lipinski definition) is 2. The Kier molecular flexibility index (Phi) is 42.8. The number of aliphatic hydroxyl groups is 1. The number of phosphoric acid groups is 1. The topological polar surface area (TPSA) is 108 Å². The monoisotopic (exact) mass is 899 g/mol. The molecule has 0 aliphatic heterocycles. The van der Waals surface area contributed by atoms with Crippen LogP contribution in [0.3, 0.4) is 0 Å². The lowest BCUT2D eigenvalue weighted by Gasteiger charge is -2.30. The molecule has 0 heterocycles.